The summed E-state index contributed by atoms with van der Waals surface area (Å²) in [7, 11) is 0. The number of nitrogen functional groups attached to an aromatic ring is 1. The van der Waals surface area contributed by atoms with E-state index in [2.05, 4.69) is 31.7 Å². The molecule has 0 saturated carbocycles. The summed E-state index contributed by atoms with van der Waals surface area (Å²) in [5.41, 5.74) is 5.43. The second-order valence-electron chi connectivity index (χ2n) is 12.5. The van der Waals surface area contributed by atoms with E-state index in [0.29, 0.717) is 37.3 Å². The molecule has 44 heavy (non-hydrogen) atoms. The summed E-state index contributed by atoms with van der Waals surface area (Å²) in [4.78, 5) is 17.8. The Morgan fingerprint density at radius 2 is 1.93 bits per heavy atom. The molecule has 4 aliphatic heterocycles. The second-order valence-corrected chi connectivity index (χ2v) is 13.5. The standard InChI is InChI=1S/C31H31F4N7OS/c1-15(32)20-9-21-25(24(35)23(20)19-5-6-22(34)27-26(19)38-29(36)44-27)39-30(40-28(21)41-12-17-3-4-18(13-41)37-17)43-14-31-7-2-8-42(31)11-16(33)10-31/h5-6,9,16-18,37H,1-4,7-8,10-14H2,(H2,36,38)/t16-,17?,18?,31+/m1/s1. The van der Waals surface area contributed by atoms with Crippen LogP contribution in [-0.2, 0) is 0 Å². The van der Waals surface area contributed by atoms with Crippen molar-refractivity contribution in [2.75, 3.05) is 43.4 Å². The van der Waals surface area contributed by atoms with Crippen LogP contribution in [0.15, 0.2) is 24.8 Å². The Morgan fingerprint density at radius 1 is 1.14 bits per heavy atom. The lowest BCUT2D eigenvalue weighted by Crippen LogP contribution is -2.51. The van der Waals surface area contributed by atoms with E-state index in [1.165, 1.54) is 18.2 Å². The van der Waals surface area contributed by atoms with Crippen molar-refractivity contribution in [1.82, 2.24) is 25.2 Å². The number of aromatic nitrogens is 3. The first-order chi connectivity index (χ1) is 21.2. The first-order valence-corrected chi connectivity index (χ1v) is 15.8. The van der Waals surface area contributed by atoms with E-state index in [-0.39, 0.29) is 62.3 Å². The minimum atomic E-state index is -0.928. The Labute approximate surface area is 254 Å². The van der Waals surface area contributed by atoms with Crippen molar-refractivity contribution in [2.45, 2.75) is 55.9 Å². The number of alkyl halides is 1. The summed E-state index contributed by atoms with van der Waals surface area (Å²) in [5.74, 6) is -1.81. The van der Waals surface area contributed by atoms with Crippen LogP contribution < -0.4 is 20.7 Å². The van der Waals surface area contributed by atoms with E-state index in [9.17, 15) is 8.78 Å². The first kappa shape index (κ1) is 28.0. The maximum Gasteiger partial charge on any atom is 0.319 e. The summed E-state index contributed by atoms with van der Waals surface area (Å²) >= 11 is 0.931. The number of hydrogen-bond donors (Lipinski definition) is 2. The SMILES string of the molecule is C=C(F)c1cc2c(N3CC4CCC(C3)N4)nc(OC[C@@]34CCCN3C[C@H](F)C4)nc2c(F)c1-c1ccc(F)c2sc(N)nc12. The summed E-state index contributed by atoms with van der Waals surface area (Å²) in [6.45, 7) is 6.11. The average Bonchev–Trinajstić information content (AvgIpc) is 3.74. The number of ether oxygens (including phenoxy) is 1. The van der Waals surface area contributed by atoms with Crippen molar-refractivity contribution in [2.24, 2.45) is 0 Å². The molecule has 0 spiro atoms. The highest BCUT2D eigenvalue weighted by atomic mass is 32.1. The van der Waals surface area contributed by atoms with E-state index in [4.69, 9.17) is 15.5 Å². The fraction of sp³-hybridized carbons (Fsp3) is 0.452. The van der Waals surface area contributed by atoms with Crippen molar-refractivity contribution >= 4 is 49.2 Å². The molecule has 8 nitrogen and oxygen atoms in total. The quantitative estimate of drug-likeness (QED) is 0.268. The van der Waals surface area contributed by atoms with Crippen LogP contribution in [-0.4, -0.2) is 76.4 Å². The molecule has 13 heteroatoms. The predicted octanol–water partition coefficient (Wildman–Crippen LogP) is 5.60. The van der Waals surface area contributed by atoms with Crippen LogP contribution in [0.3, 0.4) is 0 Å². The smallest absolute Gasteiger partial charge is 0.319 e. The minimum absolute atomic E-state index is 0.0271. The molecule has 2 aromatic carbocycles. The van der Waals surface area contributed by atoms with E-state index in [1.54, 1.807) is 0 Å². The number of fused-ring (bicyclic) bond motifs is 5. The highest BCUT2D eigenvalue weighted by molar-refractivity contribution is 7.22. The lowest BCUT2D eigenvalue weighted by molar-refractivity contribution is 0.107. The van der Waals surface area contributed by atoms with E-state index in [0.717, 1.165) is 43.6 Å². The number of piperazine rings is 1. The Kier molecular flexibility index (Phi) is 6.51. The summed E-state index contributed by atoms with van der Waals surface area (Å²) in [6, 6.07) is 4.52. The highest BCUT2D eigenvalue weighted by Crippen LogP contribution is 2.44. The van der Waals surface area contributed by atoms with Crippen LogP contribution in [0, 0.1) is 11.6 Å². The normalized spacial score (nSPS) is 26.6. The van der Waals surface area contributed by atoms with E-state index in [1.807, 2.05) is 0 Å². The van der Waals surface area contributed by atoms with Gasteiger partial charge in [0.05, 0.1) is 15.8 Å². The molecule has 3 N–H and O–H groups in total. The van der Waals surface area contributed by atoms with Crippen LogP contribution in [0.25, 0.3) is 38.1 Å². The summed E-state index contributed by atoms with van der Waals surface area (Å²) in [6.07, 6.45) is 3.21. The predicted molar refractivity (Wildman–Crippen MR) is 163 cm³/mol. The molecular formula is C31H31F4N7OS. The van der Waals surface area contributed by atoms with E-state index >= 15 is 8.78 Å². The maximum atomic E-state index is 16.9. The van der Waals surface area contributed by atoms with Gasteiger partial charge >= 0.3 is 6.01 Å². The van der Waals surface area contributed by atoms with Crippen molar-refractivity contribution in [3.05, 3.63) is 42.0 Å². The molecule has 4 aromatic rings. The zero-order valence-electron chi connectivity index (χ0n) is 23.9. The zero-order valence-corrected chi connectivity index (χ0v) is 24.7. The monoisotopic (exact) mass is 625 g/mol. The van der Waals surface area contributed by atoms with Gasteiger partial charge in [-0.2, -0.15) is 9.97 Å². The molecule has 8 rings (SSSR count). The number of rotatable bonds is 6. The Bertz CT molecular complexity index is 1820. The molecule has 2 aromatic heterocycles. The van der Waals surface area contributed by atoms with Gasteiger partial charge in [0.15, 0.2) is 10.9 Å². The highest BCUT2D eigenvalue weighted by Gasteiger charge is 2.49. The molecule has 4 aliphatic rings. The van der Waals surface area contributed by atoms with Gasteiger partial charge in [0.25, 0.3) is 0 Å². The van der Waals surface area contributed by atoms with Crippen LogP contribution in [0.5, 0.6) is 6.01 Å². The minimum Gasteiger partial charge on any atom is -0.461 e. The van der Waals surface area contributed by atoms with Crippen LogP contribution >= 0.6 is 11.3 Å². The Balaban J connectivity index is 1.30. The fourth-order valence-electron chi connectivity index (χ4n) is 7.79. The van der Waals surface area contributed by atoms with Crippen molar-refractivity contribution in [1.29, 1.82) is 0 Å². The van der Waals surface area contributed by atoms with E-state index < -0.39 is 29.2 Å². The molecule has 0 radical (unpaired) electrons. The Hall–Kier alpha value is -3.55. The zero-order chi connectivity index (χ0) is 30.3. The van der Waals surface area contributed by atoms with Gasteiger partial charge in [0.1, 0.15) is 35.8 Å². The molecule has 2 bridgehead atoms. The molecule has 4 atom stereocenters. The molecular weight excluding hydrogens is 594 g/mol. The van der Waals surface area contributed by atoms with Gasteiger partial charge in [-0.1, -0.05) is 17.9 Å². The number of nitrogens with two attached hydrogens (primary N) is 1. The molecule has 230 valence electrons. The van der Waals surface area contributed by atoms with Gasteiger partial charge in [0, 0.05) is 60.2 Å². The largest absolute Gasteiger partial charge is 0.461 e. The second kappa shape index (κ2) is 10.2. The number of nitrogens with one attached hydrogen (secondary N) is 1. The summed E-state index contributed by atoms with van der Waals surface area (Å²) in [5, 5.41) is 4.00. The van der Waals surface area contributed by atoms with Gasteiger partial charge in [-0.25, -0.2) is 22.5 Å². The molecule has 4 fully saturated rings. The molecule has 2 unspecified atom stereocenters. The van der Waals surface area contributed by atoms with Crippen molar-refractivity contribution < 1.29 is 22.3 Å². The number of thiazole rings is 1. The first-order valence-electron chi connectivity index (χ1n) is 15.0. The van der Waals surface area contributed by atoms with Gasteiger partial charge in [-0.15, -0.1) is 0 Å². The number of nitrogens with zero attached hydrogens (tertiary/aromatic N) is 5. The lowest BCUT2D eigenvalue weighted by atomic mass is 9.94. The molecule has 6 heterocycles. The number of halogens is 4. The topological polar surface area (TPSA) is 92.4 Å². The van der Waals surface area contributed by atoms with Crippen molar-refractivity contribution in [3.63, 3.8) is 0 Å². The van der Waals surface area contributed by atoms with Crippen molar-refractivity contribution in [3.8, 4) is 17.1 Å². The Morgan fingerprint density at radius 3 is 2.70 bits per heavy atom. The molecule has 0 aliphatic carbocycles. The average molecular weight is 626 g/mol. The third kappa shape index (κ3) is 4.42. The van der Waals surface area contributed by atoms with Gasteiger partial charge in [-0.3, -0.25) is 4.90 Å². The number of benzene rings is 2. The number of hydrogen-bond acceptors (Lipinski definition) is 9. The van der Waals surface area contributed by atoms with Crippen LogP contribution in [0.4, 0.5) is 28.5 Å². The van der Waals surface area contributed by atoms with Gasteiger partial charge < -0.3 is 20.7 Å². The molecule has 4 saturated heterocycles. The third-order valence-electron chi connectivity index (χ3n) is 9.71. The fourth-order valence-corrected chi connectivity index (χ4v) is 8.55. The van der Waals surface area contributed by atoms with Gasteiger partial charge in [-0.05, 0) is 50.4 Å². The maximum absolute atomic E-state index is 16.9. The van der Waals surface area contributed by atoms with Gasteiger partial charge in [0.2, 0.25) is 0 Å². The number of anilines is 2. The van der Waals surface area contributed by atoms with Crippen LogP contribution in [0.2, 0.25) is 0 Å². The third-order valence-corrected chi connectivity index (χ3v) is 10.6. The van der Waals surface area contributed by atoms with Crippen LogP contribution in [0.1, 0.15) is 37.7 Å². The lowest BCUT2D eigenvalue weighted by Gasteiger charge is -2.35. The summed E-state index contributed by atoms with van der Waals surface area (Å²) < 4.78 is 67.6. The molecule has 0 amide bonds.